The number of hydrogen-bond donors (Lipinski definition) is 3. The van der Waals surface area contributed by atoms with Crippen molar-refractivity contribution in [1.29, 1.82) is 0 Å². The highest BCUT2D eigenvalue weighted by Gasteiger charge is 2.23. The number of hydrogen-bond acceptors (Lipinski definition) is 3. The van der Waals surface area contributed by atoms with Crippen LogP contribution in [0.3, 0.4) is 0 Å². The Morgan fingerprint density at radius 3 is 2.70 bits per heavy atom. The van der Waals surface area contributed by atoms with Gasteiger partial charge >= 0.3 is 5.97 Å². The number of aliphatic hydroxyl groups is 1. The normalized spacial score (nSPS) is 14.0. The van der Waals surface area contributed by atoms with E-state index < -0.39 is 18.1 Å². The second-order valence-electron chi connectivity index (χ2n) is 4.97. The summed E-state index contributed by atoms with van der Waals surface area (Å²) >= 11 is 0. The molecule has 112 valence electrons. The predicted octanol–water partition coefficient (Wildman–Crippen LogP) is 2.40. The van der Waals surface area contributed by atoms with E-state index >= 15 is 0 Å². The van der Waals surface area contributed by atoms with Crippen molar-refractivity contribution < 1.29 is 19.4 Å². The van der Waals surface area contributed by atoms with Crippen molar-refractivity contribution >= 4 is 5.97 Å². The number of nitrogens with one attached hydrogen (secondary N) is 1. The molecule has 1 aromatic carbocycles. The van der Waals surface area contributed by atoms with Crippen LogP contribution in [-0.2, 0) is 4.79 Å². The lowest BCUT2D eigenvalue weighted by Crippen LogP contribution is -2.37. The van der Waals surface area contributed by atoms with Gasteiger partial charge in [0.2, 0.25) is 0 Å². The average molecular weight is 283 g/mol. The third-order valence-electron chi connectivity index (χ3n) is 3.24. The average Bonchev–Trinajstić information content (AvgIpc) is 2.40. The smallest absolute Gasteiger partial charge is 0.305 e. The number of benzene rings is 1. The SMILES string of the molecule is CCCCNC(CC(=O)O)C(O)c1ccc(F)c(C)c1. The van der Waals surface area contributed by atoms with Crippen molar-refractivity contribution in [2.75, 3.05) is 6.54 Å². The number of unbranched alkanes of at least 4 members (excludes halogenated alkanes) is 1. The van der Waals surface area contributed by atoms with Gasteiger partial charge in [-0.15, -0.1) is 0 Å². The Kier molecular flexibility index (Phi) is 6.61. The van der Waals surface area contributed by atoms with Crippen LogP contribution in [0, 0.1) is 12.7 Å². The van der Waals surface area contributed by atoms with Crippen molar-refractivity contribution in [3.05, 3.63) is 35.1 Å². The van der Waals surface area contributed by atoms with Gasteiger partial charge in [0.1, 0.15) is 5.82 Å². The first-order valence-corrected chi connectivity index (χ1v) is 6.85. The number of carbonyl (C=O) groups is 1. The molecule has 0 aromatic heterocycles. The summed E-state index contributed by atoms with van der Waals surface area (Å²) in [7, 11) is 0. The molecule has 0 fully saturated rings. The molecule has 0 spiro atoms. The Hall–Kier alpha value is -1.46. The Morgan fingerprint density at radius 2 is 2.15 bits per heavy atom. The molecular formula is C15H22FNO3. The van der Waals surface area contributed by atoms with Crippen LogP contribution in [0.25, 0.3) is 0 Å². The molecule has 2 atom stereocenters. The van der Waals surface area contributed by atoms with Crippen LogP contribution in [0.15, 0.2) is 18.2 Å². The molecule has 0 heterocycles. The second-order valence-corrected chi connectivity index (χ2v) is 4.97. The Labute approximate surface area is 118 Å². The van der Waals surface area contributed by atoms with Gasteiger partial charge in [-0.2, -0.15) is 0 Å². The molecule has 0 aliphatic heterocycles. The van der Waals surface area contributed by atoms with Crippen molar-refractivity contribution in [2.45, 2.75) is 45.3 Å². The van der Waals surface area contributed by atoms with Crippen molar-refractivity contribution in [3.8, 4) is 0 Å². The summed E-state index contributed by atoms with van der Waals surface area (Å²) in [4.78, 5) is 10.9. The zero-order valence-electron chi connectivity index (χ0n) is 11.9. The monoisotopic (exact) mass is 283 g/mol. The Morgan fingerprint density at radius 1 is 1.45 bits per heavy atom. The van der Waals surface area contributed by atoms with Crippen LogP contribution >= 0.6 is 0 Å². The van der Waals surface area contributed by atoms with Crippen molar-refractivity contribution in [2.24, 2.45) is 0 Å². The molecule has 0 radical (unpaired) electrons. The van der Waals surface area contributed by atoms with Crippen LogP contribution in [-0.4, -0.2) is 28.8 Å². The second kappa shape index (κ2) is 7.97. The van der Waals surface area contributed by atoms with Gasteiger partial charge in [0.25, 0.3) is 0 Å². The summed E-state index contributed by atoms with van der Waals surface area (Å²) in [5.74, 6) is -1.31. The van der Waals surface area contributed by atoms with Crippen LogP contribution in [0.1, 0.15) is 43.4 Å². The highest BCUT2D eigenvalue weighted by Crippen LogP contribution is 2.21. The van der Waals surface area contributed by atoms with E-state index in [1.807, 2.05) is 6.92 Å². The molecule has 0 aliphatic carbocycles. The van der Waals surface area contributed by atoms with Crippen LogP contribution in [0.2, 0.25) is 0 Å². The number of halogens is 1. The Balaban J connectivity index is 2.81. The molecule has 20 heavy (non-hydrogen) atoms. The van der Waals surface area contributed by atoms with E-state index in [4.69, 9.17) is 5.11 Å². The molecular weight excluding hydrogens is 261 g/mol. The minimum Gasteiger partial charge on any atom is -0.481 e. The maximum Gasteiger partial charge on any atom is 0.305 e. The number of aliphatic carboxylic acids is 1. The van der Waals surface area contributed by atoms with E-state index in [0.29, 0.717) is 17.7 Å². The predicted molar refractivity (Wildman–Crippen MR) is 75.0 cm³/mol. The van der Waals surface area contributed by atoms with Gasteiger partial charge in [-0.3, -0.25) is 4.79 Å². The van der Waals surface area contributed by atoms with Gasteiger partial charge in [-0.25, -0.2) is 4.39 Å². The quantitative estimate of drug-likeness (QED) is 0.641. The molecule has 0 saturated heterocycles. The third kappa shape index (κ3) is 4.90. The van der Waals surface area contributed by atoms with Gasteiger partial charge in [-0.05, 0) is 37.1 Å². The molecule has 0 amide bonds. The lowest BCUT2D eigenvalue weighted by Gasteiger charge is -2.23. The first-order valence-electron chi connectivity index (χ1n) is 6.85. The molecule has 2 unspecified atom stereocenters. The number of carboxylic acids is 1. The lowest BCUT2D eigenvalue weighted by molar-refractivity contribution is -0.138. The highest BCUT2D eigenvalue weighted by molar-refractivity contribution is 5.67. The molecule has 0 aliphatic rings. The van der Waals surface area contributed by atoms with Gasteiger partial charge in [0.05, 0.1) is 12.5 Å². The minimum atomic E-state index is -0.975. The number of aliphatic hydroxyl groups excluding tert-OH is 1. The summed E-state index contributed by atoms with van der Waals surface area (Å²) < 4.78 is 13.2. The van der Waals surface area contributed by atoms with Gasteiger partial charge in [-0.1, -0.05) is 25.5 Å². The zero-order chi connectivity index (χ0) is 15.1. The van der Waals surface area contributed by atoms with E-state index in [1.54, 1.807) is 13.0 Å². The molecule has 1 rings (SSSR count). The summed E-state index contributed by atoms with van der Waals surface area (Å²) in [5.41, 5.74) is 0.961. The summed E-state index contributed by atoms with van der Waals surface area (Å²) in [5, 5.41) is 22.3. The number of aryl methyl sites for hydroxylation is 1. The largest absolute Gasteiger partial charge is 0.481 e. The van der Waals surface area contributed by atoms with Crippen LogP contribution < -0.4 is 5.32 Å². The zero-order valence-corrected chi connectivity index (χ0v) is 11.9. The molecule has 5 heteroatoms. The molecule has 1 aromatic rings. The van der Waals surface area contributed by atoms with Crippen LogP contribution in [0.5, 0.6) is 0 Å². The molecule has 0 bridgehead atoms. The number of carboxylic acid groups (broad SMARTS) is 1. The van der Waals surface area contributed by atoms with Gasteiger partial charge in [0, 0.05) is 6.04 Å². The van der Waals surface area contributed by atoms with Crippen molar-refractivity contribution in [1.82, 2.24) is 5.32 Å². The van der Waals surface area contributed by atoms with E-state index in [-0.39, 0.29) is 12.2 Å². The maximum absolute atomic E-state index is 13.2. The third-order valence-corrected chi connectivity index (χ3v) is 3.24. The first-order chi connectivity index (χ1) is 9.45. The first kappa shape index (κ1) is 16.6. The topological polar surface area (TPSA) is 69.6 Å². The van der Waals surface area contributed by atoms with E-state index in [9.17, 15) is 14.3 Å². The van der Waals surface area contributed by atoms with Crippen molar-refractivity contribution in [3.63, 3.8) is 0 Å². The lowest BCUT2D eigenvalue weighted by atomic mass is 9.98. The standard InChI is InChI=1S/C15H22FNO3/c1-3-4-7-17-13(9-14(18)19)15(20)11-5-6-12(16)10(2)8-11/h5-6,8,13,15,17,20H,3-4,7,9H2,1-2H3,(H,18,19). The molecule has 3 N–H and O–H groups in total. The Bertz CT molecular complexity index is 451. The van der Waals surface area contributed by atoms with Crippen LogP contribution in [0.4, 0.5) is 4.39 Å². The number of rotatable bonds is 8. The fourth-order valence-corrected chi connectivity index (χ4v) is 2.03. The minimum absolute atomic E-state index is 0.179. The maximum atomic E-state index is 13.2. The summed E-state index contributed by atoms with van der Waals surface area (Å²) in [6.07, 6.45) is 0.743. The highest BCUT2D eigenvalue weighted by atomic mass is 19.1. The molecule has 4 nitrogen and oxygen atoms in total. The van der Waals surface area contributed by atoms with Gasteiger partial charge < -0.3 is 15.5 Å². The summed E-state index contributed by atoms with van der Waals surface area (Å²) in [6.45, 7) is 4.29. The van der Waals surface area contributed by atoms with E-state index in [0.717, 1.165) is 12.8 Å². The molecule has 0 saturated carbocycles. The van der Waals surface area contributed by atoms with Gasteiger partial charge in [0.15, 0.2) is 0 Å². The van der Waals surface area contributed by atoms with E-state index in [1.165, 1.54) is 12.1 Å². The van der Waals surface area contributed by atoms with E-state index in [2.05, 4.69) is 5.32 Å². The fourth-order valence-electron chi connectivity index (χ4n) is 2.03. The summed E-state index contributed by atoms with van der Waals surface area (Å²) in [6, 6.07) is 3.75. The fraction of sp³-hybridized carbons (Fsp3) is 0.533.